The summed E-state index contributed by atoms with van der Waals surface area (Å²) in [6, 6.07) is 10.4. The molecular formula is C21H26N2O3S. The van der Waals surface area contributed by atoms with Crippen molar-refractivity contribution < 1.29 is 14.3 Å². The van der Waals surface area contributed by atoms with Crippen LogP contribution in [0.2, 0.25) is 0 Å². The third kappa shape index (κ3) is 5.39. The van der Waals surface area contributed by atoms with E-state index in [2.05, 4.69) is 17.1 Å². The van der Waals surface area contributed by atoms with E-state index in [1.165, 1.54) is 43.3 Å². The van der Waals surface area contributed by atoms with Gasteiger partial charge in [0.15, 0.2) is 5.69 Å². The van der Waals surface area contributed by atoms with Gasteiger partial charge in [-0.2, -0.15) is 0 Å². The van der Waals surface area contributed by atoms with Crippen molar-refractivity contribution in [3.8, 4) is 0 Å². The predicted octanol–water partition coefficient (Wildman–Crippen LogP) is 4.22. The zero-order valence-corrected chi connectivity index (χ0v) is 16.5. The number of aromatic nitrogens is 1. The summed E-state index contributed by atoms with van der Waals surface area (Å²) in [6.07, 6.45) is 6.91. The number of amides is 1. The van der Waals surface area contributed by atoms with Gasteiger partial charge in [0.25, 0.3) is 0 Å². The van der Waals surface area contributed by atoms with E-state index >= 15 is 0 Å². The van der Waals surface area contributed by atoms with Gasteiger partial charge in [-0.05, 0) is 24.8 Å². The second-order valence-electron chi connectivity index (χ2n) is 6.92. The fourth-order valence-electron chi connectivity index (χ4n) is 3.58. The lowest BCUT2D eigenvalue weighted by Gasteiger charge is -2.34. The van der Waals surface area contributed by atoms with Crippen LogP contribution in [-0.2, 0) is 22.5 Å². The first-order valence-corrected chi connectivity index (χ1v) is 10.4. The summed E-state index contributed by atoms with van der Waals surface area (Å²) in [5.74, 6) is -0.266. The molecule has 1 fully saturated rings. The first-order chi connectivity index (χ1) is 13.2. The second-order valence-corrected chi connectivity index (χ2v) is 7.86. The molecule has 144 valence electrons. The summed E-state index contributed by atoms with van der Waals surface area (Å²) in [4.78, 5) is 31.0. The van der Waals surface area contributed by atoms with Crippen LogP contribution >= 0.6 is 11.3 Å². The number of esters is 1. The van der Waals surface area contributed by atoms with Crippen LogP contribution in [0, 0.1) is 0 Å². The van der Waals surface area contributed by atoms with Gasteiger partial charge in [-0.3, -0.25) is 4.79 Å². The Morgan fingerprint density at radius 3 is 2.63 bits per heavy atom. The van der Waals surface area contributed by atoms with Crippen molar-refractivity contribution in [1.82, 2.24) is 9.88 Å². The van der Waals surface area contributed by atoms with Crippen molar-refractivity contribution in [3.05, 3.63) is 52.0 Å². The fourth-order valence-corrected chi connectivity index (χ4v) is 4.34. The Morgan fingerprint density at radius 2 is 1.93 bits per heavy atom. The minimum absolute atomic E-state index is 0.167. The third-order valence-electron chi connectivity index (χ3n) is 5.06. The zero-order chi connectivity index (χ0) is 19.1. The maximum Gasteiger partial charge on any atom is 0.357 e. The number of carbonyl (C=O) groups excluding carboxylic acids is 2. The van der Waals surface area contributed by atoms with Gasteiger partial charge in [-0.15, -0.1) is 11.3 Å². The van der Waals surface area contributed by atoms with Crippen molar-refractivity contribution >= 4 is 23.2 Å². The van der Waals surface area contributed by atoms with Crippen LogP contribution in [0.25, 0.3) is 0 Å². The van der Waals surface area contributed by atoms with Crippen LogP contribution in [-0.4, -0.2) is 34.9 Å². The molecule has 0 aliphatic heterocycles. The van der Waals surface area contributed by atoms with Gasteiger partial charge in [0.2, 0.25) is 5.91 Å². The number of benzene rings is 1. The summed E-state index contributed by atoms with van der Waals surface area (Å²) in [6.45, 7) is 0.472. The van der Waals surface area contributed by atoms with Crippen molar-refractivity contribution in [2.75, 3.05) is 7.11 Å². The van der Waals surface area contributed by atoms with Crippen molar-refractivity contribution in [2.45, 2.75) is 57.5 Å². The number of hydrogen-bond donors (Lipinski definition) is 0. The number of nitrogens with zero attached hydrogens (tertiary/aromatic N) is 2. The molecule has 6 heteroatoms. The number of hydrogen-bond acceptors (Lipinski definition) is 5. The monoisotopic (exact) mass is 386 g/mol. The lowest BCUT2D eigenvalue weighted by atomic mass is 9.93. The van der Waals surface area contributed by atoms with E-state index in [0.717, 1.165) is 24.3 Å². The Kier molecular flexibility index (Phi) is 6.98. The highest BCUT2D eigenvalue weighted by Gasteiger charge is 2.26. The molecule has 1 aliphatic carbocycles. The highest BCUT2D eigenvalue weighted by atomic mass is 32.1. The number of ether oxygens (including phenoxy) is 1. The maximum atomic E-state index is 13.0. The molecule has 1 aromatic heterocycles. The van der Waals surface area contributed by atoms with E-state index < -0.39 is 5.97 Å². The normalized spacial score (nSPS) is 14.7. The molecule has 1 aromatic carbocycles. The quantitative estimate of drug-likeness (QED) is 0.669. The summed E-state index contributed by atoms with van der Waals surface area (Å²) >= 11 is 1.41. The molecule has 1 saturated carbocycles. The van der Waals surface area contributed by atoms with Crippen LogP contribution in [0.1, 0.15) is 59.6 Å². The summed E-state index contributed by atoms with van der Waals surface area (Å²) in [7, 11) is 1.35. The highest BCUT2D eigenvalue weighted by Crippen LogP contribution is 2.26. The number of methoxy groups -OCH3 is 1. The molecule has 1 aliphatic rings. The Hall–Kier alpha value is -2.21. The van der Waals surface area contributed by atoms with E-state index in [0.29, 0.717) is 18.7 Å². The molecule has 0 radical (unpaired) electrons. The zero-order valence-electron chi connectivity index (χ0n) is 15.7. The molecule has 3 rings (SSSR count). The van der Waals surface area contributed by atoms with Crippen LogP contribution < -0.4 is 0 Å². The molecule has 1 amide bonds. The molecule has 27 heavy (non-hydrogen) atoms. The highest BCUT2D eigenvalue weighted by molar-refractivity contribution is 7.09. The summed E-state index contributed by atoms with van der Waals surface area (Å²) in [5, 5.41) is 2.49. The van der Waals surface area contributed by atoms with Gasteiger partial charge in [-0.25, -0.2) is 9.78 Å². The Morgan fingerprint density at radius 1 is 1.19 bits per heavy atom. The second kappa shape index (κ2) is 9.65. The number of rotatable bonds is 7. The largest absolute Gasteiger partial charge is 0.464 e. The average Bonchev–Trinajstić information content (AvgIpc) is 3.20. The van der Waals surface area contributed by atoms with Gasteiger partial charge in [-0.1, -0.05) is 49.6 Å². The minimum atomic E-state index is -0.433. The fraction of sp³-hybridized carbons (Fsp3) is 0.476. The average molecular weight is 387 g/mol. The van der Waals surface area contributed by atoms with E-state index in [4.69, 9.17) is 4.74 Å². The molecule has 0 bridgehead atoms. The van der Waals surface area contributed by atoms with E-state index in [9.17, 15) is 9.59 Å². The topological polar surface area (TPSA) is 59.5 Å². The first-order valence-electron chi connectivity index (χ1n) is 9.53. The summed E-state index contributed by atoms with van der Waals surface area (Å²) < 4.78 is 4.73. The SMILES string of the molecule is COC(=O)c1csc(CN(C(=O)CCc2ccccc2)C2CCCCC2)n1. The number of thiazole rings is 1. The van der Waals surface area contributed by atoms with Crippen LogP contribution in [0.4, 0.5) is 0 Å². The third-order valence-corrected chi connectivity index (χ3v) is 5.89. The Bertz CT molecular complexity index is 754. The first kappa shape index (κ1) is 19.5. The van der Waals surface area contributed by atoms with Gasteiger partial charge in [0.05, 0.1) is 13.7 Å². The minimum Gasteiger partial charge on any atom is -0.464 e. The standard InChI is InChI=1S/C21H26N2O3S/c1-26-21(25)18-15-27-19(22-18)14-23(17-10-6-3-7-11-17)20(24)13-12-16-8-4-2-5-9-16/h2,4-5,8-9,15,17H,3,6-7,10-14H2,1H3. The molecule has 0 atom stereocenters. The van der Waals surface area contributed by atoms with Crippen LogP contribution in [0.5, 0.6) is 0 Å². The van der Waals surface area contributed by atoms with Crippen molar-refractivity contribution in [1.29, 1.82) is 0 Å². The van der Waals surface area contributed by atoms with E-state index in [1.54, 1.807) is 5.38 Å². The van der Waals surface area contributed by atoms with Gasteiger partial charge in [0, 0.05) is 17.8 Å². The molecule has 1 heterocycles. The van der Waals surface area contributed by atoms with Crippen LogP contribution in [0.3, 0.4) is 0 Å². The van der Waals surface area contributed by atoms with Crippen molar-refractivity contribution in [2.24, 2.45) is 0 Å². The van der Waals surface area contributed by atoms with E-state index in [-0.39, 0.29) is 11.9 Å². The van der Waals surface area contributed by atoms with Gasteiger partial charge in [0.1, 0.15) is 5.01 Å². The lowest BCUT2D eigenvalue weighted by molar-refractivity contribution is -0.135. The molecule has 0 saturated heterocycles. The Labute approximate surface area is 164 Å². The number of carbonyl (C=O) groups is 2. The molecule has 0 unspecified atom stereocenters. The van der Waals surface area contributed by atoms with E-state index in [1.807, 2.05) is 23.1 Å². The van der Waals surface area contributed by atoms with Crippen LogP contribution in [0.15, 0.2) is 35.7 Å². The van der Waals surface area contributed by atoms with Gasteiger partial charge >= 0.3 is 5.97 Å². The lowest BCUT2D eigenvalue weighted by Crippen LogP contribution is -2.41. The van der Waals surface area contributed by atoms with Crippen molar-refractivity contribution in [3.63, 3.8) is 0 Å². The molecule has 0 spiro atoms. The van der Waals surface area contributed by atoms with Gasteiger partial charge < -0.3 is 9.64 Å². The molecule has 2 aromatic rings. The molecular weight excluding hydrogens is 360 g/mol. The molecule has 5 nitrogen and oxygen atoms in total. The molecule has 0 N–H and O–H groups in total. The number of aryl methyl sites for hydroxylation is 1. The maximum absolute atomic E-state index is 13.0. The predicted molar refractivity (Wildman–Crippen MR) is 106 cm³/mol. The summed E-state index contributed by atoms with van der Waals surface area (Å²) in [5.41, 5.74) is 1.49. The smallest absolute Gasteiger partial charge is 0.357 e. The Balaban J connectivity index is 1.69.